The number of nitrogens with one attached hydrogen (secondary N) is 3. The van der Waals surface area contributed by atoms with Crippen molar-refractivity contribution in [1.29, 1.82) is 0 Å². The summed E-state index contributed by atoms with van der Waals surface area (Å²) in [6.07, 6.45) is 0. The van der Waals surface area contributed by atoms with Crippen LogP contribution >= 0.6 is 11.5 Å². The fourth-order valence-electron chi connectivity index (χ4n) is 1.60. The largest absolute Gasteiger partial charge is 0.336 e. The summed E-state index contributed by atoms with van der Waals surface area (Å²) in [6, 6.07) is 5.82. The molecule has 0 aliphatic carbocycles. The van der Waals surface area contributed by atoms with E-state index in [-0.39, 0.29) is 6.03 Å². The molecule has 2 amide bonds. The Hall–Kier alpha value is -1.82. The minimum atomic E-state index is -0.233. The van der Waals surface area contributed by atoms with Crippen LogP contribution in [0.1, 0.15) is 19.4 Å². The van der Waals surface area contributed by atoms with Crippen LogP contribution in [0.25, 0.3) is 10.9 Å². The molecule has 19 heavy (non-hydrogen) atoms. The highest BCUT2D eigenvalue weighted by molar-refractivity contribution is 7.11. The first-order chi connectivity index (χ1) is 9.06. The van der Waals surface area contributed by atoms with Crippen molar-refractivity contribution in [3.63, 3.8) is 0 Å². The van der Waals surface area contributed by atoms with Gasteiger partial charge in [0.2, 0.25) is 0 Å². The zero-order valence-electron chi connectivity index (χ0n) is 11.3. The molecule has 0 atom stereocenters. The number of urea groups is 1. The maximum atomic E-state index is 11.5. The maximum absolute atomic E-state index is 11.5. The molecule has 0 fully saturated rings. The van der Waals surface area contributed by atoms with Gasteiger partial charge in [0.25, 0.3) is 0 Å². The summed E-state index contributed by atoms with van der Waals surface area (Å²) >= 11 is 1.33. The van der Waals surface area contributed by atoms with Gasteiger partial charge in [-0.2, -0.15) is 4.37 Å². The summed E-state index contributed by atoms with van der Waals surface area (Å²) in [4.78, 5) is 11.5. The fourth-order valence-corrected chi connectivity index (χ4v) is 2.31. The van der Waals surface area contributed by atoms with Gasteiger partial charge >= 0.3 is 6.03 Å². The first-order valence-electron chi connectivity index (χ1n) is 6.22. The third kappa shape index (κ3) is 3.57. The number of anilines is 1. The molecular formula is C13H18N4OS. The molecule has 2 aromatic rings. The number of fused-ring (bicyclic) bond motifs is 1. The lowest BCUT2D eigenvalue weighted by Gasteiger charge is -2.10. The highest BCUT2D eigenvalue weighted by Gasteiger charge is 2.07. The highest BCUT2D eigenvalue weighted by Crippen LogP contribution is 2.27. The van der Waals surface area contributed by atoms with E-state index in [0.717, 1.165) is 15.9 Å². The van der Waals surface area contributed by atoms with Crippen molar-refractivity contribution in [2.24, 2.45) is 5.92 Å². The Bertz CT molecular complexity index is 579. The lowest BCUT2D eigenvalue weighted by Crippen LogP contribution is -2.40. The minimum absolute atomic E-state index is 0.233. The molecule has 0 saturated heterocycles. The SMILES string of the molecule is Cc1ccc2nsc(NNC(=O)NCC(C)C)c2c1. The van der Waals surface area contributed by atoms with E-state index in [0.29, 0.717) is 12.5 Å². The number of aryl methyl sites for hydroxylation is 1. The zero-order valence-corrected chi connectivity index (χ0v) is 12.1. The number of amides is 2. The van der Waals surface area contributed by atoms with Crippen molar-refractivity contribution in [2.75, 3.05) is 12.0 Å². The molecule has 0 aliphatic heterocycles. The first kappa shape index (κ1) is 13.6. The number of hydrazine groups is 1. The standard InChI is InChI=1S/C13H18N4OS/c1-8(2)7-14-13(18)16-15-12-10-6-9(3)4-5-11(10)17-19-12/h4-6,8,15H,7H2,1-3H3,(H2,14,16,18). The number of carbonyl (C=O) groups is 1. The van der Waals surface area contributed by atoms with E-state index in [1.807, 2.05) is 32.9 Å². The topological polar surface area (TPSA) is 66.0 Å². The molecule has 3 N–H and O–H groups in total. The summed E-state index contributed by atoms with van der Waals surface area (Å²) in [5.74, 6) is 0.428. The number of benzene rings is 1. The summed E-state index contributed by atoms with van der Waals surface area (Å²) < 4.78 is 4.32. The molecule has 5 nitrogen and oxygen atoms in total. The van der Waals surface area contributed by atoms with Gasteiger partial charge in [0.05, 0.1) is 5.52 Å². The molecule has 1 aromatic carbocycles. The molecule has 0 aliphatic rings. The predicted octanol–water partition coefficient (Wildman–Crippen LogP) is 2.89. The van der Waals surface area contributed by atoms with Crippen LogP contribution in [0.5, 0.6) is 0 Å². The van der Waals surface area contributed by atoms with Crippen molar-refractivity contribution < 1.29 is 4.79 Å². The van der Waals surface area contributed by atoms with Crippen molar-refractivity contribution in [3.8, 4) is 0 Å². The zero-order chi connectivity index (χ0) is 13.8. The smallest absolute Gasteiger partial charge is 0.333 e. The molecular weight excluding hydrogens is 260 g/mol. The van der Waals surface area contributed by atoms with Gasteiger partial charge in [-0.15, -0.1) is 0 Å². The Kier molecular flexibility index (Phi) is 4.21. The second kappa shape index (κ2) is 5.88. The Morgan fingerprint density at radius 2 is 2.21 bits per heavy atom. The van der Waals surface area contributed by atoms with Gasteiger partial charge in [0.15, 0.2) is 0 Å². The van der Waals surface area contributed by atoms with Crippen LogP contribution in [-0.2, 0) is 0 Å². The molecule has 2 rings (SSSR count). The van der Waals surface area contributed by atoms with Crippen LogP contribution in [0.15, 0.2) is 18.2 Å². The molecule has 6 heteroatoms. The quantitative estimate of drug-likeness (QED) is 0.753. The van der Waals surface area contributed by atoms with Crippen molar-refractivity contribution in [2.45, 2.75) is 20.8 Å². The molecule has 0 radical (unpaired) electrons. The number of nitrogens with zero attached hydrogens (tertiary/aromatic N) is 1. The van der Waals surface area contributed by atoms with E-state index in [1.54, 1.807) is 0 Å². The van der Waals surface area contributed by atoms with E-state index < -0.39 is 0 Å². The number of rotatable bonds is 4. The van der Waals surface area contributed by atoms with E-state index in [4.69, 9.17) is 0 Å². The molecule has 102 valence electrons. The Morgan fingerprint density at radius 3 is 2.95 bits per heavy atom. The van der Waals surface area contributed by atoms with E-state index in [2.05, 4.69) is 26.6 Å². The normalized spacial score (nSPS) is 10.7. The third-order valence-electron chi connectivity index (χ3n) is 2.59. The van der Waals surface area contributed by atoms with Crippen molar-refractivity contribution in [3.05, 3.63) is 23.8 Å². The summed E-state index contributed by atoms with van der Waals surface area (Å²) in [6.45, 7) is 6.78. The summed E-state index contributed by atoms with van der Waals surface area (Å²) in [5, 5.41) is 4.64. The molecule has 0 spiro atoms. The van der Waals surface area contributed by atoms with E-state index >= 15 is 0 Å². The van der Waals surface area contributed by atoms with Crippen LogP contribution in [0.2, 0.25) is 0 Å². The number of aromatic nitrogens is 1. The van der Waals surface area contributed by atoms with Crippen LogP contribution in [-0.4, -0.2) is 16.9 Å². The van der Waals surface area contributed by atoms with Gasteiger partial charge in [0.1, 0.15) is 5.00 Å². The van der Waals surface area contributed by atoms with Gasteiger partial charge in [-0.3, -0.25) is 10.9 Å². The number of hydrogen-bond acceptors (Lipinski definition) is 4. The van der Waals surface area contributed by atoms with Gasteiger partial charge in [-0.05, 0) is 36.5 Å². The molecule has 1 aromatic heterocycles. The first-order valence-corrected chi connectivity index (χ1v) is 6.99. The Balaban J connectivity index is 1.98. The Labute approximate surface area is 116 Å². The van der Waals surface area contributed by atoms with E-state index in [9.17, 15) is 4.79 Å². The molecule has 0 unspecified atom stereocenters. The molecule has 0 saturated carbocycles. The average Bonchev–Trinajstić information content (AvgIpc) is 2.76. The Morgan fingerprint density at radius 1 is 1.42 bits per heavy atom. The van der Waals surface area contributed by atoms with Crippen LogP contribution in [0, 0.1) is 12.8 Å². The van der Waals surface area contributed by atoms with Crippen LogP contribution in [0.4, 0.5) is 9.80 Å². The lowest BCUT2D eigenvalue weighted by molar-refractivity contribution is 0.241. The van der Waals surface area contributed by atoms with Crippen LogP contribution < -0.4 is 16.2 Å². The summed E-state index contributed by atoms with van der Waals surface area (Å²) in [5.41, 5.74) is 7.63. The molecule has 0 bridgehead atoms. The highest BCUT2D eigenvalue weighted by atomic mass is 32.1. The van der Waals surface area contributed by atoms with Gasteiger partial charge < -0.3 is 5.32 Å². The summed E-state index contributed by atoms with van der Waals surface area (Å²) in [7, 11) is 0. The minimum Gasteiger partial charge on any atom is -0.336 e. The van der Waals surface area contributed by atoms with Gasteiger partial charge in [-0.25, -0.2) is 4.79 Å². The lowest BCUT2D eigenvalue weighted by atomic mass is 10.2. The van der Waals surface area contributed by atoms with Crippen LogP contribution in [0.3, 0.4) is 0 Å². The van der Waals surface area contributed by atoms with Crippen molar-refractivity contribution >= 4 is 33.5 Å². The van der Waals surface area contributed by atoms with Crippen molar-refractivity contribution in [1.82, 2.24) is 15.1 Å². The monoisotopic (exact) mass is 278 g/mol. The maximum Gasteiger partial charge on any atom is 0.333 e. The predicted molar refractivity (Wildman–Crippen MR) is 79.4 cm³/mol. The van der Waals surface area contributed by atoms with E-state index in [1.165, 1.54) is 17.1 Å². The molecule has 1 heterocycles. The number of hydrogen-bond donors (Lipinski definition) is 3. The van der Waals surface area contributed by atoms with Gasteiger partial charge in [-0.1, -0.05) is 25.5 Å². The average molecular weight is 278 g/mol. The second-order valence-corrected chi connectivity index (χ2v) is 5.66. The van der Waals surface area contributed by atoms with Gasteiger partial charge in [0, 0.05) is 11.9 Å². The third-order valence-corrected chi connectivity index (χ3v) is 3.38. The number of carbonyl (C=O) groups excluding carboxylic acids is 1. The second-order valence-electron chi connectivity index (χ2n) is 4.89. The fraction of sp³-hybridized carbons (Fsp3) is 0.385.